The fraction of sp³-hybridized carbons (Fsp3) is 0.333. The molecule has 0 heterocycles. The number of esters is 5. The molecule has 3 rings (SSSR count). The van der Waals surface area contributed by atoms with Crippen LogP contribution in [-0.4, -0.2) is 54.4 Å². The summed E-state index contributed by atoms with van der Waals surface area (Å²) in [4.78, 5) is 71.3. The van der Waals surface area contributed by atoms with E-state index < -0.39 is 35.3 Å². The van der Waals surface area contributed by atoms with E-state index in [-0.39, 0.29) is 29.5 Å². The molecule has 57 heavy (non-hydrogen) atoms. The number of rotatable bonds is 17. The van der Waals surface area contributed by atoms with Crippen LogP contribution in [0.15, 0.2) is 109 Å². The zero-order chi connectivity index (χ0) is 43.1. The van der Waals surface area contributed by atoms with E-state index in [2.05, 4.69) is 26.7 Å². The Morgan fingerprint density at radius 3 is 1.14 bits per heavy atom. The molecule has 3 aromatic carbocycles. The molecule has 0 saturated heterocycles. The lowest BCUT2D eigenvalue weighted by atomic mass is 9.81. The van der Waals surface area contributed by atoms with E-state index in [1.165, 1.54) is 48.5 Å². The molecule has 306 valence electrons. The predicted octanol–water partition coefficient (Wildman–Crippen LogP) is 9.95. The van der Waals surface area contributed by atoms with Gasteiger partial charge in [0.05, 0.1) is 11.1 Å². The van der Waals surface area contributed by atoms with E-state index in [0.29, 0.717) is 52.4 Å². The number of unbranched alkanes of at least 4 members (excludes halogenated alkanes) is 1. The topological polar surface area (TPSA) is 149 Å². The maximum Gasteiger partial charge on any atom is 0.338 e. The molecular formula is C45H54O11S. The maximum absolute atomic E-state index is 12.7. The summed E-state index contributed by atoms with van der Waals surface area (Å²) in [6.45, 7) is 23.4. The highest BCUT2D eigenvalue weighted by Crippen LogP contribution is 2.31. The Morgan fingerprint density at radius 2 is 0.877 bits per heavy atom. The summed E-state index contributed by atoms with van der Waals surface area (Å²) in [7, 11) is 0. The number of thioether (sulfide) groups is 1. The Morgan fingerprint density at radius 1 is 0.561 bits per heavy atom. The minimum Gasteiger partial charge on any atom is -0.461 e. The Hall–Kier alpha value is -5.75. The van der Waals surface area contributed by atoms with Gasteiger partial charge in [0, 0.05) is 27.7 Å². The van der Waals surface area contributed by atoms with Gasteiger partial charge in [-0.25, -0.2) is 24.0 Å². The summed E-state index contributed by atoms with van der Waals surface area (Å²) in [6, 6.07) is 18.5. The van der Waals surface area contributed by atoms with E-state index in [1.807, 2.05) is 20.8 Å². The van der Waals surface area contributed by atoms with Gasteiger partial charge >= 0.3 is 29.8 Å². The zero-order valence-electron chi connectivity index (χ0n) is 34.2. The van der Waals surface area contributed by atoms with Gasteiger partial charge < -0.3 is 23.7 Å². The Kier molecular flexibility index (Phi) is 22.0. The second kappa shape index (κ2) is 25.4. The van der Waals surface area contributed by atoms with Gasteiger partial charge in [0.15, 0.2) is 0 Å². The smallest absolute Gasteiger partial charge is 0.338 e. The number of benzene rings is 3. The van der Waals surface area contributed by atoms with Crippen molar-refractivity contribution < 1.29 is 52.5 Å². The maximum atomic E-state index is 12.7. The van der Waals surface area contributed by atoms with Crippen LogP contribution in [0, 0.1) is 5.41 Å². The summed E-state index contributed by atoms with van der Waals surface area (Å²) in [6.07, 6.45) is 4.84. The first-order valence-corrected chi connectivity index (χ1v) is 19.6. The minimum absolute atomic E-state index is 0.0159. The lowest BCUT2D eigenvalue weighted by Crippen LogP contribution is -2.34. The van der Waals surface area contributed by atoms with Gasteiger partial charge in [-0.1, -0.05) is 72.0 Å². The van der Waals surface area contributed by atoms with E-state index in [1.54, 1.807) is 51.3 Å². The molecule has 0 aromatic heterocycles. The van der Waals surface area contributed by atoms with Crippen molar-refractivity contribution in [2.75, 3.05) is 19.5 Å². The lowest BCUT2D eigenvalue weighted by molar-refractivity contribution is -0.130. The van der Waals surface area contributed by atoms with Gasteiger partial charge in [-0.15, -0.1) is 0 Å². The number of hydrogen-bond donors (Lipinski definition) is 0. The summed E-state index contributed by atoms with van der Waals surface area (Å²) >= 11 is 1.14. The average molecular weight is 803 g/mol. The number of hydrogen-bond acceptors (Lipinski definition) is 12. The molecule has 0 atom stereocenters. The Balaban J connectivity index is 0.000000750. The van der Waals surface area contributed by atoms with Gasteiger partial charge in [-0.05, 0) is 113 Å². The first-order chi connectivity index (χ1) is 27.0. The molecule has 0 radical (unpaired) electrons. The highest BCUT2D eigenvalue weighted by molar-refractivity contribution is 8.13. The molecule has 0 unspecified atom stereocenters. The van der Waals surface area contributed by atoms with Crippen LogP contribution in [0.4, 0.5) is 0 Å². The van der Waals surface area contributed by atoms with Crippen molar-refractivity contribution in [2.45, 2.75) is 74.1 Å². The van der Waals surface area contributed by atoms with E-state index in [9.17, 15) is 28.8 Å². The van der Waals surface area contributed by atoms with Gasteiger partial charge in [0.1, 0.15) is 30.5 Å². The molecule has 0 fully saturated rings. The molecule has 0 bridgehead atoms. The second-order valence-corrected chi connectivity index (χ2v) is 13.5. The fourth-order valence-electron chi connectivity index (χ4n) is 4.40. The third kappa shape index (κ3) is 17.3. The quantitative estimate of drug-likeness (QED) is 0.0726. The van der Waals surface area contributed by atoms with Crippen molar-refractivity contribution in [1.29, 1.82) is 0 Å². The van der Waals surface area contributed by atoms with Gasteiger partial charge in [0.2, 0.25) is 5.12 Å². The normalized spacial score (nSPS) is 10.2. The van der Waals surface area contributed by atoms with E-state index >= 15 is 0 Å². The largest absolute Gasteiger partial charge is 0.461 e. The molecule has 12 heteroatoms. The fourth-order valence-corrected chi connectivity index (χ4v) is 4.77. The zero-order valence-corrected chi connectivity index (χ0v) is 35.0. The van der Waals surface area contributed by atoms with Crippen LogP contribution in [0.3, 0.4) is 0 Å². The third-order valence-electron chi connectivity index (χ3n) is 7.96. The van der Waals surface area contributed by atoms with Gasteiger partial charge in [-0.3, -0.25) is 4.79 Å². The highest BCUT2D eigenvalue weighted by atomic mass is 32.2. The van der Waals surface area contributed by atoms with Gasteiger partial charge in [-0.2, -0.15) is 0 Å². The predicted molar refractivity (Wildman–Crippen MR) is 223 cm³/mol. The number of ether oxygens (including phenoxy) is 5. The van der Waals surface area contributed by atoms with E-state index in [0.717, 1.165) is 24.6 Å². The second-order valence-electron chi connectivity index (χ2n) is 12.7. The molecule has 0 amide bonds. The average Bonchev–Trinajstić information content (AvgIpc) is 3.21. The van der Waals surface area contributed by atoms with Crippen molar-refractivity contribution >= 4 is 46.7 Å². The number of carbonyl (C=O) groups excluding carboxylic acids is 6. The lowest BCUT2D eigenvalue weighted by Gasteiger charge is -2.31. The summed E-state index contributed by atoms with van der Waals surface area (Å²) in [5.41, 5.74) is 1.50. The first kappa shape index (κ1) is 49.3. The standard InChI is InChI=1S/C31H36O8.C12H12O3S.C2H6/c1-7-9-18-31(8-2,19-36-29(34)23-10-14-25(15-11-23)38-27(32)21(3)4)20-37-30(35)24-12-16-26(17-13-24)39-28(33)22(5)6;1-8(2)11(13)15-10-6-4-9(5-7-10)12(14)16-3;1-2/h10-17H,3,5,7-9,18-20H2,1-2,4,6H3;4-7H,1H2,2-3H3;1-2H3. The van der Waals surface area contributed by atoms with Crippen LogP contribution in [0.25, 0.3) is 0 Å². The van der Waals surface area contributed by atoms with Crippen molar-refractivity contribution in [2.24, 2.45) is 5.41 Å². The molecule has 0 aliphatic rings. The van der Waals surface area contributed by atoms with Crippen LogP contribution >= 0.6 is 11.8 Å². The molecular weight excluding hydrogens is 749 g/mol. The number of carbonyl (C=O) groups is 6. The van der Waals surface area contributed by atoms with Gasteiger partial charge in [0.25, 0.3) is 0 Å². The van der Waals surface area contributed by atoms with Crippen LogP contribution < -0.4 is 14.2 Å². The molecule has 0 spiro atoms. The SMILES string of the molecule is C=C(C)C(=O)Oc1ccc(C(=O)OCC(CC)(CCCC)COC(=O)c2ccc(OC(=O)C(=C)C)cc2)cc1.C=C(C)C(=O)Oc1ccc(C(=O)SC)cc1.CC. The first-order valence-electron chi connectivity index (χ1n) is 18.4. The molecule has 0 aliphatic carbocycles. The monoisotopic (exact) mass is 802 g/mol. The van der Waals surface area contributed by atoms with Crippen molar-refractivity contribution in [1.82, 2.24) is 0 Å². The Bertz CT molecular complexity index is 1770. The minimum atomic E-state index is -0.560. The van der Waals surface area contributed by atoms with Crippen molar-refractivity contribution in [3.05, 3.63) is 126 Å². The molecule has 0 aliphatic heterocycles. The summed E-state index contributed by atoms with van der Waals surface area (Å²) < 4.78 is 26.6. The molecule has 0 saturated carbocycles. The van der Waals surface area contributed by atoms with Crippen molar-refractivity contribution in [3.8, 4) is 17.2 Å². The summed E-state index contributed by atoms with van der Waals surface area (Å²) in [5.74, 6) is -1.65. The van der Waals surface area contributed by atoms with Crippen LogP contribution in [0.5, 0.6) is 17.2 Å². The molecule has 3 aromatic rings. The third-order valence-corrected chi connectivity index (χ3v) is 8.57. The highest BCUT2D eigenvalue weighted by Gasteiger charge is 2.32. The van der Waals surface area contributed by atoms with Crippen molar-refractivity contribution in [3.63, 3.8) is 0 Å². The van der Waals surface area contributed by atoms with E-state index in [4.69, 9.17) is 23.7 Å². The van der Waals surface area contributed by atoms with Crippen LogP contribution in [0.2, 0.25) is 0 Å². The van der Waals surface area contributed by atoms with Crippen LogP contribution in [0.1, 0.15) is 105 Å². The molecule has 0 N–H and O–H groups in total. The summed E-state index contributed by atoms with van der Waals surface area (Å²) in [5, 5.41) is -0.0159. The molecule has 11 nitrogen and oxygen atoms in total. The van der Waals surface area contributed by atoms with Crippen LogP contribution in [-0.2, 0) is 23.9 Å². The Labute approximate surface area is 340 Å².